The van der Waals surface area contributed by atoms with Crippen molar-refractivity contribution in [3.8, 4) is 16.8 Å². The molecule has 0 unspecified atom stereocenters. The Morgan fingerprint density at radius 3 is 1.23 bits per heavy atom. The first-order valence-electron chi connectivity index (χ1n) is 13.8. The summed E-state index contributed by atoms with van der Waals surface area (Å²) in [7, 11) is 0. The molecule has 40 heavy (non-hydrogen) atoms. The van der Waals surface area contributed by atoms with Crippen LogP contribution in [0.3, 0.4) is 0 Å². The van der Waals surface area contributed by atoms with E-state index in [1.54, 1.807) is 0 Å². The standard InChI is InChI=1S/C38H30N2/c1-27-11-19-31(20-12-27)39(32-21-13-28(2)14-22-32)33-23-15-29(16-24-33)30-17-25-34(26-18-30)40-37-9-5-3-7-35(37)36-8-4-6-10-38(36)40/h3-26H,1-2H3. The third-order valence-electron chi connectivity index (χ3n) is 7.75. The molecule has 0 aliphatic heterocycles. The minimum atomic E-state index is 1.14. The highest BCUT2D eigenvalue weighted by atomic mass is 15.1. The van der Waals surface area contributed by atoms with E-state index < -0.39 is 0 Å². The van der Waals surface area contributed by atoms with Crippen molar-refractivity contribution in [3.63, 3.8) is 0 Å². The monoisotopic (exact) mass is 514 g/mol. The van der Waals surface area contributed by atoms with Gasteiger partial charge in [-0.2, -0.15) is 0 Å². The average molecular weight is 515 g/mol. The quantitative estimate of drug-likeness (QED) is 0.222. The second-order valence-electron chi connectivity index (χ2n) is 10.5. The first-order valence-corrected chi connectivity index (χ1v) is 13.8. The Morgan fingerprint density at radius 2 is 0.775 bits per heavy atom. The summed E-state index contributed by atoms with van der Waals surface area (Å²) in [6, 6.07) is 52.5. The highest BCUT2D eigenvalue weighted by Crippen LogP contribution is 2.36. The predicted octanol–water partition coefficient (Wildman–Crippen LogP) is 10.5. The lowest BCUT2D eigenvalue weighted by Gasteiger charge is -2.26. The van der Waals surface area contributed by atoms with Crippen LogP contribution < -0.4 is 4.90 Å². The van der Waals surface area contributed by atoms with Gasteiger partial charge in [0.2, 0.25) is 0 Å². The van der Waals surface area contributed by atoms with E-state index in [-0.39, 0.29) is 0 Å². The highest BCUT2D eigenvalue weighted by molar-refractivity contribution is 6.09. The molecule has 6 aromatic carbocycles. The summed E-state index contributed by atoms with van der Waals surface area (Å²) in [5.41, 5.74) is 12.0. The minimum absolute atomic E-state index is 1.14. The third-order valence-corrected chi connectivity index (χ3v) is 7.75. The van der Waals surface area contributed by atoms with Crippen molar-refractivity contribution in [2.45, 2.75) is 13.8 Å². The van der Waals surface area contributed by atoms with Crippen LogP contribution in [0.25, 0.3) is 38.6 Å². The molecule has 0 atom stereocenters. The van der Waals surface area contributed by atoms with Crippen molar-refractivity contribution < 1.29 is 0 Å². The summed E-state index contributed by atoms with van der Waals surface area (Å²) in [5.74, 6) is 0. The molecule has 0 amide bonds. The molecule has 0 aliphatic rings. The van der Waals surface area contributed by atoms with Crippen LogP contribution in [-0.4, -0.2) is 4.57 Å². The van der Waals surface area contributed by atoms with Crippen molar-refractivity contribution in [3.05, 3.63) is 157 Å². The summed E-state index contributed by atoms with van der Waals surface area (Å²) in [6.07, 6.45) is 0. The maximum atomic E-state index is 2.36. The number of anilines is 3. The summed E-state index contributed by atoms with van der Waals surface area (Å²) >= 11 is 0. The molecule has 0 spiro atoms. The molecule has 0 fully saturated rings. The maximum absolute atomic E-state index is 2.36. The van der Waals surface area contributed by atoms with Crippen molar-refractivity contribution in [1.29, 1.82) is 0 Å². The number of para-hydroxylation sites is 2. The van der Waals surface area contributed by atoms with Gasteiger partial charge in [-0.1, -0.05) is 96.1 Å². The molecule has 1 heterocycles. The van der Waals surface area contributed by atoms with E-state index in [2.05, 4.69) is 169 Å². The largest absolute Gasteiger partial charge is 0.311 e. The Balaban J connectivity index is 1.24. The molecule has 0 aliphatic carbocycles. The smallest absolute Gasteiger partial charge is 0.0541 e. The number of benzene rings is 6. The molecule has 7 rings (SSSR count). The number of aryl methyl sites for hydroxylation is 2. The van der Waals surface area contributed by atoms with Crippen LogP contribution in [0.1, 0.15) is 11.1 Å². The van der Waals surface area contributed by atoms with Crippen LogP contribution in [0, 0.1) is 13.8 Å². The third kappa shape index (κ3) is 4.24. The van der Waals surface area contributed by atoms with Crippen LogP contribution in [-0.2, 0) is 0 Å². The summed E-state index contributed by atoms with van der Waals surface area (Å²) < 4.78 is 2.36. The molecular weight excluding hydrogens is 484 g/mol. The fourth-order valence-corrected chi connectivity index (χ4v) is 5.64. The van der Waals surface area contributed by atoms with Crippen molar-refractivity contribution in [2.75, 3.05) is 4.90 Å². The fourth-order valence-electron chi connectivity index (χ4n) is 5.64. The summed E-state index contributed by atoms with van der Waals surface area (Å²) in [4.78, 5) is 2.31. The molecule has 2 nitrogen and oxygen atoms in total. The van der Waals surface area contributed by atoms with E-state index in [0.717, 1.165) is 17.1 Å². The van der Waals surface area contributed by atoms with Gasteiger partial charge < -0.3 is 9.47 Å². The zero-order valence-corrected chi connectivity index (χ0v) is 22.8. The summed E-state index contributed by atoms with van der Waals surface area (Å²) in [5, 5.41) is 2.56. The molecule has 0 saturated carbocycles. The lowest BCUT2D eigenvalue weighted by molar-refractivity contribution is 1.18. The Kier molecular flexibility index (Phi) is 5.94. The van der Waals surface area contributed by atoms with E-state index in [1.807, 2.05) is 0 Å². The first-order chi connectivity index (χ1) is 19.7. The van der Waals surface area contributed by atoms with Gasteiger partial charge >= 0.3 is 0 Å². The van der Waals surface area contributed by atoms with Crippen LogP contribution in [0.2, 0.25) is 0 Å². The molecule has 0 bridgehead atoms. The van der Waals surface area contributed by atoms with Gasteiger partial charge in [0.15, 0.2) is 0 Å². The van der Waals surface area contributed by atoms with Crippen LogP contribution in [0.15, 0.2) is 146 Å². The SMILES string of the molecule is Cc1ccc(N(c2ccc(C)cc2)c2ccc(-c3ccc(-n4c5ccccc5c5ccccc54)cc3)cc2)cc1. The Bertz CT molecular complexity index is 1830. The zero-order valence-electron chi connectivity index (χ0n) is 22.8. The van der Waals surface area contributed by atoms with E-state index >= 15 is 0 Å². The van der Waals surface area contributed by atoms with Gasteiger partial charge in [-0.15, -0.1) is 0 Å². The minimum Gasteiger partial charge on any atom is -0.311 e. The first kappa shape index (κ1) is 24.0. The van der Waals surface area contributed by atoms with Gasteiger partial charge in [0.05, 0.1) is 11.0 Å². The van der Waals surface area contributed by atoms with Gasteiger partial charge in [-0.05, 0) is 85.6 Å². The average Bonchev–Trinajstić information content (AvgIpc) is 3.34. The second-order valence-corrected chi connectivity index (χ2v) is 10.5. The number of aromatic nitrogens is 1. The van der Waals surface area contributed by atoms with Gasteiger partial charge in [0.25, 0.3) is 0 Å². The van der Waals surface area contributed by atoms with Crippen molar-refractivity contribution >= 4 is 38.9 Å². The molecule has 7 aromatic rings. The lowest BCUT2D eigenvalue weighted by atomic mass is 10.0. The fraction of sp³-hybridized carbons (Fsp3) is 0.0526. The van der Waals surface area contributed by atoms with E-state index in [0.29, 0.717) is 0 Å². The summed E-state index contributed by atoms with van der Waals surface area (Å²) in [6.45, 7) is 4.25. The number of hydrogen-bond donors (Lipinski definition) is 0. The zero-order chi connectivity index (χ0) is 27.1. The Labute approximate surface area is 235 Å². The van der Waals surface area contributed by atoms with E-state index in [9.17, 15) is 0 Å². The molecular formula is C38H30N2. The van der Waals surface area contributed by atoms with Crippen LogP contribution in [0.5, 0.6) is 0 Å². The predicted molar refractivity (Wildman–Crippen MR) is 170 cm³/mol. The molecule has 0 N–H and O–H groups in total. The number of hydrogen-bond acceptors (Lipinski definition) is 1. The van der Waals surface area contributed by atoms with Gasteiger partial charge in [-0.25, -0.2) is 0 Å². The van der Waals surface area contributed by atoms with Crippen LogP contribution in [0.4, 0.5) is 17.1 Å². The lowest BCUT2D eigenvalue weighted by Crippen LogP contribution is -2.09. The van der Waals surface area contributed by atoms with Gasteiger partial charge in [0, 0.05) is 33.5 Å². The molecule has 1 aromatic heterocycles. The maximum Gasteiger partial charge on any atom is 0.0541 e. The van der Waals surface area contributed by atoms with Gasteiger partial charge in [0.1, 0.15) is 0 Å². The molecule has 0 saturated heterocycles. The van der Waals surface area contributed by atoms with E-state index in [1.165, 1.54) is 49.7 Å². The van der Waals surface area contributed by atoms with Crippen molar-refractivity contribution in [1.82, 2.24) is 4.57 Å². The highest BCUT2D eigenvalue weighted by Gasteiger charge is 2.14. The van der Waals surface area contributed by atoms with E-state index in [4.69, 9.17) is 0 Å². The molecule has 0 radical (unpaired) electrons. The normalized spacial score (nSPS) is 11.2. The van der Waals surface area contributed by atoms with Crippen molar-refractivity contribution in [2.24, 2.45) is 0 Å². The second kappa shape index (κ2) is 9.91. The Hall–Kier alpha value is -5.08. The Morgan fingerprint density at radius 1 is 0.400 bits per heavy atom. The number of rotatable bonds is 5. The topological polar surface area (TPSA) is 8.17 Å². The number of fused-ring (bicyclic) bond motifs is 3. The molecule has 192 valence electrons. The van der Waals surface area contributed by atoms with Gasteiger partial charge in [-0.3, -0.25) is 0 Å². The number of nitrogens with zero attached hydrogens (tertiary/aromatic N) is 2. The molecule has 2 heteroatoms. The van der Waals surface area contributed by atoms with Crippen LogP contribution >= 0.6 is 0 Å².